The molecule has 0 amide bonds. The van der Waals surface area contributed by atoms with E-state index < -0.39 is 11.9 Å². The molecule has 0 aromatic heterocycles. The highest BCUT2D eigenvalue weighted by Gasteiger charge is 2.28. The first kappa shape index (κ1) is 10.2. The van der Waals surface area contributed by atoms with E-state index >= 15 is 0 Å². The number of aliphatic carboxylic acids is 1. The van der Waals surface area contributed by atoms with Crippen LogP contribution in [0.1, 0.15) is 38.5 Å². The molecule has 0 saturated heterocycles. The van der Waals surface area contributed by atoms with E-state index in [1.807, 2.05) is 0 Å². The maximum absolute atomic E-state index is 10.8. The van der Waals surface area contributed by atoms with Crippen molar-refractivity contribution in [2.24, 2.45) is 11.8 Å². The van der Waals surface area contributed by atoms with Crippen LogP contribution in [0.15, 0.2) is 0 Å². The predicted molar refractivity (Wildman–Crippen MR) is 48.4 cm³/mol. The first-order valence-corrected chi connectivity index (χ1v) is 4.92. The fourth-order valence-electron chi connectivity index (χ4n) is 2.14. The molecule has 0 aromatic rings. The van der Waals surface area contributed by atoms with Crippen molar-refractivity contribution in [2.45, 2.75) is 38.5 Å². The van der Waals surface area contributed by atoms with Gasteiger partial charge in [0.15, 0.2) is 0 Å². The second-order valence-electron chi connectivity index (χ2n) is 3.75. The van der Waals surface area contributed by atoms with Crippen LogP contribution in [0.3, 0.4) is 0 Å². The van der Waals surface area contributed by atoms with Gasteiger partial charge in [0.1, 0.15) is 6.29 Å². The largest absolute Gasteiger partial charge is 0.481 e. The molecule has 0 aromatic carbocycles. The highest BCUT2D eigenvalue weighted by Crippen LogP contribution is 2.31. The molecule has 1 aliphatic carbocycles. The van der Waals surface area contributed by atoms with Gasteiger partial charge in [-0.1, -0.05) is 19.3 Å². The second kappa shape index (κ2) is 5.00. The minimum absolute atomic E-state index is 0.181. The summed E-state index contributed by atoms with van der Waals surface area (Å²) in [7, 11) is 0. The van der Waals surface area contributed by atoms with Gasteiger partial charge in [-0.25, -0.2) is 0 Å². The zero-order chi connectivity index (χ0) is 9.68. The molecule has 0 spiro atoms. The van der Waals surface area contributed by atoms with Gasteiger partial charge in [0.05, 0.1) is 5.92 Å². The van der Waals surface area contributed by atoms with Crippen LogP contribution in [0.5, 0.6) is 0 Å². The topological polar surface area (TPSA) is 54.4 Å². The van der Waals surface area contributed by atoms with Crippen LogP contribution in [0.4, 0.5) is 0 Å². The summed E-state index contributed by atoms with van der Waals surface area (Å²) in [6.45, 7) is 0. The minimum Gasteiger partial charge on any atom is -0.481 e. The summed E-state index contributed by atoms with van der Waals surface area (Å²) in [4.78, 5) is 21.1. The Morgan fingerprint density at radius 3 is 2.46 bits per heavy atom. The highest BCUT2D eigenvalue weighted by atomic mass is 16.4. The summed E-state index contributed by atoms with van der Waals surface area (Å²) >= 11 is 0. The van der Waals surface area contributed by atoms with Crippen molar-refractivity contribution >= 4 is 12.3 Å². The van der Waals surface area contributed by atoms with Crippen LogP contribution in [0, 0.1) is 11.8 Å². The molecule has 0 bridgehead atoms. The molecule has 0 heterocycles. The number of carbonyl (C=O) groups is 2. The number of aldehydes is 1. The van der Waals surface area contributed by atoms with Gasteiger partial charge in [-0.2, -0.15) is 0 Å². The van der Waals surface area contributed by atoms with Gasteiger partial charge in [0.2, 0.25) is 0 Å². The third-order valence-electron chi connectivity index (χ3n) is 2.89. The van der Waals surface area contributed by atoms with Crippen molar-refractivity contribution in [1.29, 1.82) is 0 Å². The summed E-state index contributed by atoms with van der Waals surface area (Å²) in [6, 6.07) is 0. The summed E-state index contributed by atoms with van der Waals surface area (Å²) < 4.78 is 0. The molecule has 74 valence electrons. The molecule has 1 unspecified atom stereocenters. The smallest absolute Gasteiger partial charge is 0.307 e. The molecule has 1 N–H and O–H groups in total. The molecule has 0 aliphatic heterocycles. The van der Waals surface area contributed by atoms with Crippen molar-refractivity contribution in [2.75, 3.05) is 0 Å². The van der Waals surface area contributed by atoms with Gasteiger partial charge in [0, 0.05) is 6.42 Å². The molecule has 1 rings (SSSR count). The molecule has 1 saturated carbocycles. The molecule has 3 heteroatoms. The third kappa shape index (κ3) is 2.83. The molecular formula is C10H16O3. The average molecular weight is 184 g/mol. The zero-order valence-electron chi connectivity index (χ0n) is 7.74. The van der Waals surface area contributed by atoms with E-state index in [0.29, 0.717) is 0 Å². The number of carbonyl (C=O) groups excluding carboxylic acids is 1. The quantitative estimate of drug-likeness (QED) is 0.678. The average Bonchev–Trinajstić information content (AvgIpc) is 2.15. The zero-order valence-corrected chi connectivity index (χ0v) is 7.74. The van der Waals surface area contributed by atoms with Gasteiger partial charge in [-0.15, -0.1) is 0 Å². The first-order chi connectivity index (χ1) is 6.25. The third-order valence-corrected chi connectivity index (χ3v) is 2.89. The Balaban J connectivity index is 2.51. The van der Waals surface area contributed by atoms with Crippen LogP contribution in [0.25, 0.3) is 0 Å². The summed E-state index contributed by atoms with van der Waals surface area (Å²) in [5.74, 6) is -1.01. The SMILES string of the molecule is O=CCC(C(=O)O)C1CCCCC1. The highest BCUT2D eigenvalue weighted by molar-refractivity contribution is 5.73. The first-order valence-electron chi connectivity index (χ1n) is 4.92. The van der Waals surface area contributed by atoms with Gasteiger partial charge in [-0.05, 0) is 18.8 Å². The van der Waals surface area contributed by atoms with Gasteiger partial charge >= 0.3 is 5.97 Å². The van der Waals surface area contributed by atoms with E-state index in [2.05, 4.69) is 0 Å². The van der Waals surface area contributed by atoms with E-state index in [1.54, 1.807) is 0 Å². The Labute approximate surface area is 78.1 Å². The van der Waals surface area contributed by atoms with Crippen molar-refractivity contribution in [3.05, 3.63) is 0 Å². The van der Waals surface area contributed by atoms with Crippen molar-refractivity contribution in [3.63, 3.8) is 0 Å². The molecule has 1 fully saturated rings. The van der Waals surface area contributed by atoms with E-state index in [-0.39, 0.29) is 12.3 Å². The second-order valence-corrected chi connectivity index (χ2v) is 3.75. The Bertz CT molecular complexity index is 183. The number of carboxylic acid groups (broad SMARTS) is 1. The minimum atomic E-state index is -0.806. The molecule has 1 aliphatic rings. The van der Waals surface area contributed by atoms with E-state index in [1.165, 1.54) is 6.42 Å². The molecule has 13 heavy (non-hydrogen) atoms. The Kier molecular flexibility index (Phi) is 3.93. The summed E-state index contributed by atoms with van der Waals surface area (Å²) in [5.41, 5.74) is 0. The molecule has 3 nitrogen and oxygen atoms in total. The fraction of sp³-hybridized carbons (Fsp3) is 0.800. The van der Waals surface area contributed by atoms with Gasteiger partial charge in [0.25, 0.3) is 0 Å². The van der Waals surface area contributed by atoms with Gasteiger partial charge in [-0.3, -0.25) is 4.79 Å². The number of rotatable bonds is 4. The Hall–Kier alpha value is -0.860. The predicted octanol–water partition coefficient (Wildman–Crippen LogP) is 1.86. The van der Waals surface area contributed by atoms with E-state index in [4.69, 9.17) is 5.11 Å². The van der Waals surface area contributed by atoms with Crippen molar-refractivity contribution in [1.82, 2.24) is 0 Å². The molecule has 1 atom stereocenters. The summed E-state index contributed by atoms with van der Waals surface area (Å²) in [5, 5.41) is 8.90. The number of carboxylic acids is 1. The van der Waals surface area contributed by atoms with Crippen LogP contribution >= 0.6 is 0 Å². The van der Waals surface area contributed by atoms with Crippen LogP contribution in [-0.4, -0.2) is 17.4 Å². The van der Waals surface area contributed by atoms with E-state index in [0.717, 1.165) is 32.0 Å². The Morgan fingerprint density at radius 2 is 2.00 bits per heavy atom. The standard InChI is InChI=1S/C10H16O3/c11-7-6-9(10(12)13)8-4-2-1-3-5-8/h7-9H,1-6H2,(H,12,13). The monoisotopic (exact) mass is 184 g/mol. The lowest BCUT2D eigenvalue weighted by atomic mass is 9.79. The van der Waals surface area contributed by atoms with Crippen molar-refractivity contribution in [3.8, 4) is 0 Å². The number of hydrogen-bond acceptors (Lipinski definition) is 2. The van der Waals surface area contributed by atoms with Gasteiger partial charge < -0.3 is 9.90 Å². The lowest BCUT2D eigenvalue weighted by Crippen LogP contribution is -2.25. The van der Waals surface area contributed by atoms with Crippen LogP contribution < -0.4 is 0 Å². The van der Waals surface area contributed by atoms with Crippen molar-refractivity contribution < 1.29 is 14.7 Å². The summed E-state index contributed by atoms with van der Waals surface area (Å²) in [6.07, 6.45) is 6.31. The molecular weight excluding hydrogens is 168 g/mol. The normalized spacial score (nSPS) is 20.9. The lowest BCUT2D eigenvalue weighted by molar-refractivity contribution is -0.145. The van der Waals surface area contributed by atoms with Crippen LogP contribution in [0.2, 0.25) is 0 Å². The molecule has 0 radical (unpaired) electrons. The maximum Gasteiger partial charge on any atom is 0.307 e. The fourth-order valence-corrected chi connectivity index (χ4v) is 2.14. The van der Waals surface area contributed by atoms with E-state index in [9.17, 15) is 9.59 Å². The number of hydrogen-bond donors (Lipinski definition) is 1. The maximum atomic E-state index is 10.8. The lowest BCUT2D eigenvalue weighted by Gasteiger charge is -2.26. The Morgan fingerprint density at radius 1 is 1.38 bits per heavy atom. The van der Waals surface area contributed by atoms with Crippen LogP contribution in [-0.2, 0) is 9.59 Å².